The normalized spacial score (nSPS) is 11.3. The van der Waals surface area contributed by atoms with E-state index in [4.69, 9.17) is 5.11 Å². The van der Waals surface area contributed by atoms with Crippen molar-refractivity contribution in [2.45, 2.75) is 4.21 Å². The second kappa shape index (κ2) is 4.31. The predicted molar refractivity (Wildman–Crippen MR) is 57.6 cm³/mol. The number of carbonyl (C=O) groups is 1. The van der Waals surface area contributed by atoms with Crippen LogP contribution in [0.1, 0.15) is 10.5 Å². The van der Waals surface area contributed by atoms with E-state index in [9.17, 15) is 13.2 Å². The molecule has 0 saturated carbocycles. The average molecular weight is 293 g/mol. The molecule has 0 atom stereocenters. The van der Waals surface area contributed by atoms with Gasteiger partial charge >= 0.3 is 5.97 Å². The molecule has 0 amide bonds. The van der Waals surface area contributed by atoms with E-state index in [-0.39, 0.29) is 9.34 Å². The summed E-state index contributed by atoms with van der Waals surface area (Å²) in [4.78, 5) is 14.2. The van der Waals surface area contributed by atoms with Gasteiger partial charge in [0.2, 0.25) is 5.13 Å². The van der Waals surface area contributed by atoms with Crippen LogP contribution in [0, 0.1) is 0 Å². The van der Waals surface area contributed by atoms with E-state index in [1.807, 2.05) is 0 Å². The molecular weight excluding hydrogens is 290 g/mol. The number of nitrogens with one attached hydrogen (secondary N) is 1. The molecule has 2 rings (SSSR count). The van der Waals surface area contributed by atoms with Crippen molar-refractivity contribution in [3.8, 4) is 0 Å². The van der Waals surface area contributed by atoms with E-state index in [1.165, 1.54) is 0 Å². The van der Waals surface area contributed by atoms with Crippen LogP contribution >= 0.6 is 22.9 Å². The smallest absolute Gasteiger partial charge is 0.356 e. The molecule has 0 saturated heterocycles. The molecule has 90 valence electrons. The first-order valence-electron chi connectivity index (χ1n) is 3.85. The van der Waals surface area contributed by atoms with Gasteiger partial charge in [-0.15, -0.1) is 11.3 Å². The largest absolute Gasteiger partial charge is 0.476 e. The quantitative estimate of drug-likeness (QED) is 0.797. The number of aromatic nitrogens is 4. The highest BCUT2D eigenvalue weighted by molar-refractivity contribution is 7.94. The number of carboxylic acid groups (broad SMARTS) is 1. The van der Waals surface area contributed by atoms with Crippen molar-refractivity contribution in [2.75, 3.05) is 4.72 Å². The van der Waals surface area contributed by atoms with Gasteiger partial charge in [0.05, 0.1) is 5.51 Å². The summed E-state index contributed by atoms with van der Waals surface area (Å²) in [6, 6.07) is 0. The molecule has 0 aromatic carbocycles. The van der Waals surface area contributed by atoms with Crippen molar-refractivity contribution >= 4 is 44.0 Å². The third-order valence-electron chi connectivity index (χ3n) is 1.50. The SMILES string of the molecule is O=C(O)c1ncsc1S(=O)(=O)Nc1nnns1. The summed E-state index contributed by atoms with van der Waals surface area (Å²) in [5.41, 5.74) is 0.607. The molecule has 2 heterocycles. The first-order valence-corrected chi connectivity index (χ1v) is 6.99. The average Bonchev–Trinajstić information content (AvgIpc) is 2.84. The van der Waals surface area contributed by atoms with Crippen LogP contribution in [-0.4, -0.2) is 39.3 Å². The van der Waals surface area contributed by atoms with Gasteiger partial charge < -0.3 is 5.11 Å². The fourth-order valence-corrected chi connectivity index (χ4v) is 3.63. The minimum atomic E-state index is -4.02. The maximum Gasteiger partial charge on any atom is 0.356 e. The lowest BCUT2D eigenvalue weighted by molar-refractivity contribution is 0.0687. The lowest BCUT2D eigenvalue weighted by Crippen LogP contribution is -2.15. The van der Waals surface area contributed by atoms with Crippen molar-refractivity contribution < 1.29 is 18.3 Å². The second-order valence-electron chi connectivity index (χ2n) is 2.57. The van der Waals surface area contributed by atoms with Crippen LogP contribution in [0.5, 0.6) is 0 Å². The van der Waals surface area contributed by atoms with E-state index in [0.717, 1.165) is 17.0 Å². The Bertz CT molecular complexity index is 632. The van der Waals surface area contributed by atoms with Crippen LogP contribution in [0.4, 0.5) is 5.13 Å². The molecule has 0 aliphatic carbocycles. The Hall–Kier alpha value is -1.66. The van der Waals surface area contributed by atoms with Crippen LogP contribution < -0.4 is 4.72 Å². The summed E-state index contributed by atoms with van der Waals surface area (Å²) in [6.07, 6.45) is 0. The fourth-order valence-electron chi connectivity index (χ4n) is 0.903. The topological polar surface area (TPSA) is 135 Å². The molecule has 12 heteroatoms. The van der Waals surface area contributed by atoms with Gasteiger partial charge in [-0.25, -0.2) is 18.2 Å². The molecule has 0 aliphatic heterocycles. The van der Waals surface area contributed by atoms with Gasteiger partial charge in [-0.2, -0.15) is 0 Å². The molecule has 2 N–H and O–H groups in total. The third kappa shape index (κ3) is 2.37. The molecule has 2 aromatic rings. The molecule has 9 nitrogen and oxygen atoms in total. The van der Waals surface area contributed by atoms with Gasteiger partial charge in [-0.3, -0.25) is 4.72 Å². The number of rotatable bonds is 4. The van der Waals surface area contributed by atoms with Crippen LogP contribution in [0.25, 0.3) is 0 Å². The van der Waals surface area contributed by atoms with Gasteiger partial charge in [0.15, 0.2) is 9.90 Å². The summed E-state index contributed by atoms with van der Waals surface area (Å²) in [7, 11) is -4.02. The first-order chi connectivity index (χ1) is 8.00. The van der Waals surface area contributed by atoms with Gasteiger partial charge in [0, 0.05) is 11.5 Å². The third-order valence-corrected chi connectivity index (χ3v) is 4.85. The summed E-state index contributed by atoms with van der Waals surface area (Å²) < 4.78 is 28.6. The zero-order chi connectivity index (χ0) is 12.5. The molecule has 0 aliphatic rings. The van der Waals surface area contributed by atoms with Gasteiger partial charge in [0.25, 0.3) is 10.0 Å². The maximum atomic E-state index is 11.8. The first kappa shape index (κ1) is 11.8. The van der Waals surface area contributed by atoms with E-state index in [0.29, 0.717) is 11.3 Å². The highest BCUT2D eigenvalue weighted by Crippen LogP contribution is 2.22. The monoisotopic (exact) mass is 293 g/mol. The lowest BCUT2D eigenvalue weighted by Gasteiger charge is -2.01. The number of thiazole rings is 1. The molecule has 0 radical (unpaired) electrons. The van der Waals surface area contributed by atoms with E-state index >= 15 is 0 Å². The van der Waals surface area contributed by atoms with E-state index in [2.05, 4.69) is 24.5 Å². The molecule has 0 spiro atoms. The van der Waals surface area contributed by atoms with Crippen molar-refractivity contribution in [1.29, 1.82) is 0 Å². The van der Waals surface area contributed by atoms with E-state index in [1.54, 1.807) is 0 Å². The van der Waals surface area contributed by atoms with Crippen LogP contribution in [0.15, 0.2) is 9.72 Å². The zero-order valence-electron chi connectivity index (χ0n) is 7.76. The van der Waals surface area contributed by atoms with Crippen LogP contribution in [-0.2, 0) is 10.0 Å². The Morgan fingerprint density at radius 1 is 1.47 bits per heavy atom. The summed E-state index contributed by atoms with van der Waals surface area (Å²) >= 11 is 1.44. The van der Waals surface area contributed by atoms with Gasteiger partial charge in [0.1, 0.15) is 0 Å². The van der Waals surface area contributed by atoms with Crippen molar-refractivity contribution in [3.63, 3.8) is 0 Å². The van der Waals surface area contributed by atoms with Crippen molar-refractivity contribution in [1.82, 2.24) is 19.8 Å². The molecule has 2 aromatic heterocycles. The van der Waals surface area contributed by atoms with E-state index < -0.39 is 21.7 Å². The number of hydrogen-bond acceptors (Lipinski definition) is 9. The molecule has 17 heavy (non-hydrogen) atoms. The summed E-state index contributed by atoms with van der Waals surface area (Å²) in [6.45, 7) is 0. The van der Waals surface area contributed by atoms with Crippen LogP contribution in [0.2, 0.25) is 0 Å². The summed E-state index contributed by atoms with van der Waals surface area (Å²) in [5.74, 6) is -1.41. The number of anilines is 1. The molecular formula is C5H3N5O4S3. The highest BCUT2D eigenvalue weighted by atomic mass is 32.2. The Kier molecular flexibility index (Phi) is 2.99. The highest BCUT2D eigenvalue weighted by Gasteiger charge is 2.26. The number of nitrogens with zero attached hydrogens (tertiary/aromatic N) is 4. The minimum Gasteiger partial charge on any atom is -0.476 e. The molecule has 0 fully saturated rings. The Morgan fingerprint density at radius 3 is 2.82 bits per heavy atom. The number of hydrogen-bond donors (Lipinski definition) is 2. The number of sulfonamides is 1. The Morgan fingerprint density at radius 2 is 2.24 bits per heavy atom. The number of carboxylic acids is 1. The minimum absolute atomic E-state index is 0.0465. The van der Waals surface area contributed by atoms with Crippen molar-refractivity contribution in [2.24, 2.45) is 0 Å². The number of aromatic carboxylic acids is 1. The lowest BCUT2D eigenvalue weighted by atomic mass is 10.5. The Labute approximate surface area is 102 Å². The predicted octanol–water partition coefficient (Wildman–Crippen LogP) is -0.111. The molecule has 0 unspecified atom stereocenters. The summed E-state index contributed by atoms with van der Waals surface area (Å²) in [5, 5.41) is 15.3. The van der Waals surface area contributed by atoms with Crippen molar-refractivity contribution in [3.05, 3.63) is 11.2 Å². The van der Waals surface area contributed by atoms with Gasteiger partial charge in [-0.05, 0) is 5.21 Å². The van der Waals surface area contributed by atoms with Crippen LogP contribution in [0.3, 0.4) is 0 Å². The standard InChI is InChI=1S/C5H3N5O4S3/c11-3(12)2-4(15-1-6-2)17(13,14)8-5-7-9-10-16-5/h1H,(H,11,12)(H,7,8,10). The maximum absolute atomic E-state index is 11.8. The zero-order valence-corrected chi connectivity index (χ0v) is 10.2. The fraction of sp³-hybridized carbons (Fsp3) is 0. The van der Waals surface area contributed by atoms with Gasteiger partial charge in [-0.1, -0.05) is 9.59 Å². The molecule has 0 bridgehead atoms. The second-order valence-corrected chi connectivity index (χ2v) is 6.03. The Balaban J connectivity index is 2.38.